The van der Waals surface area contributed by atoms with Crippen LogP contribution in [0, 0.1) is 0 Å². The average Bonchev–Trinajstić information content (AvgIpc) is 2.78. The van der Waals surface area contributed by atoms with E-state index in [0.29, 0.717) is 6.61 Å². The highest BCUT2D eigenvalue weighted by Crippen LogP contribution is 2.28. The molecule has 90 valence electrons. The van der Waals surface area contributed by atoms with Gasteiger partial charge in [-0.05, 0) is 19.1 Å². The first-order valence-electron chi connectivity index (χ1n) is 5.22. The van der Waals surface area contributed by atoms with Gasteiger partial charge in [-0.3, -0.25) is 4.98 Å². The summed E-state index contributed by atoms with van der Waals surface area (Å²) in [6.07, 6.45) is 1.81. The molecule has 1 aromatic heterocycles. The van der Waals surface area contributed by atoms with Gasteiger partial charge in [0.05, 0.1) is 10.4 Å². The summed E-state index contributed by atoms with van der Waals surface area (Å²) in [6.45, 7) is 2.48. The first-order valence-corrected chi connectivity index (χ1v) is 6.89. The number of hydrogen-bond acceptors (Lipinski definition) is 4. The standard InChI is InChI=1S/C12H13BrN2OS/c1-8(14)11-3-2-9(13)4-12(11)16-6-10-5-15-7-17-10/h2-5,7-8H,6,14H2,1H3. The number of aromatic nitrogens is 1. The summed E-state index contributed by atoms with van der Waals surface area (Å²) in [5.74, 6) is 0.822. The number of thiazole rings is 1. The summed E-state index contributed by atoms with van der Waals surface area (Å²) < 4.78 is 6.77. The van der Waals surface area contributed by atoms with Gasteiger partial charge in [0.1, 0.15) is 12.4 Å². The lowest BCUT2D eigenvalue weighted by Crippen LogP contribution is -2.07. The van der Waals surface area contributed by atoms with E-state index in [0.717, 1.165) is 20.7 Å². The monoisotopic (exact) mass is 312 g/mol. The van der Waals surface area contributed by atoms with Crippen LogP contribution in [-0.4, -0.2) is 4.98 Å². The molecule has 0 saturated heterocycles. The molecule has 0 aliphatic carbocycles. The fraction of sp³-hybridized carbons (Fsp3) is 0.250. The summed E-state index contributed by atoms with van der Waals surface area (Å²) in [7, 11) is 0. The van der Waals surface area contributed by atoms with E-state index in [-0.39, 0.29) is 6.04 Å². The number of halogens is 1. The van der Waals surface area contributed by atoms with E-state index in [2.05, 4.69) is 20.9 Å². The zero-order valence-corrected chi connectivity index (χ0v) is 11.8. The minimum Gasteiger partial charge on any atom is -0.488 e. The van der Waals surface area contributed by atoms with Crippen molar-refractivity contribution in [3.8, 4) is 5.75 Å². The van der Waals surface area contributed by atoms with Crippen molar-refractivity contribution in [1.82, 2.24) is 4.98 Å². The maximum atomic E-state index is 5.91. The third-order valence-corrected chi connectivity index (χ3v) is 3.57. The molecule has 0 amide bonds. The molecule has 1 aromatic carbocycles. The van der Waals surface area contributed by atoms with E-state index < -0.39 is 0 Å². The molecule has 5 heteroatoms. The van der Waals surface area contributed by atoms with Crippen LogP contribution in [0.1, 0.15) is 23.4 Å². The van der Waals surface area contributed by atoms with Crippen molar-refractivity contribution in [2.24, 2.45) is 5.73 Å². The predicted molar refractivity (Wildman–Crippen MR) is 73.2 cm³/mol. The quantitative estimate of drug-likeness (QED) is 0.940. The summed E-state index contributed by atoms with van der Waals surface area (Å²) >= 11 is 5.02. The zero-order valence-electron chi connectivity index (χ0n) is 9.39. The van der Waals surface area contributed by atoms with Gasteiger partial charge in [-0.25, -0.2) is 0 Å². The molecule has 0 fully saturated rings. The topological polar surface area (TPSA) is 48.1 Å². The highest BCUT2D eigenvalue weighted by Gasteiger charge is 2.09. The van der Waals surface area contributed by atoms with Crippen LogP contribution in [0.3, 0.4) is 0 Å². The molecule has 2 aromatic rings. The second-order valence-electron chi connectivity index (χ2n) is 3.73. The second kappa shape index (κ2) is 5.62. The van der Waals surface area contributed by atoms with E-state index >= 15 is 0 Å². The van der Waals surface area contributed by atoms with Crippen LogP contribution in [0.2, 0.25) is 0 Å². The number of ether oxygens (including phenoxy) is 1. The SMILES string of the molecule is CC(N)c1ccc(Br)cc1OCc1cncs1. The molecule has 0 spiro atoms. The third kappa shape index (κ3) is 3.28. The molecule has 2 rings (SSSR count). The maximum absolute atomic E-state index is 5.91. The average molecular weight is 313 g/mol. The number of hydrogen-bond donors (Lipinski definition) is 1. The molecule has 2 N–H and O–H groups in total. The second-order valence-corrected chi connectivity index (χ2v) is 5.61. The van der Waals surface area contributed by atoms with Crippen LogP contribution in [0.25, 0.3) is 0 Å². The first kappa shape index (κ1) is 12.5. The number of benzene rings is 1. The van der Waals surface area contributed by atoms with Gasteiger partial charge < -0.3 is 10.5 Å². The minimum absolute atomic E-state index is 0.0421. The summed E-state index contributed by atoms with van der Waals surface area (Å²) in [5, 5.41) is 0. The largest absolute Gasteiger partial charge is 0.488 e. The Morgan fingerprint density at radius 3 is 3.00 bits per heavy atom. The normalized spacial score (nSPS) is 12.4. The molecule has 17 heavy (non-hydrogen) atoms. The molecule has 0 aliphatic heterocycles. The molecule has 1 unspecified atom stereocenters. The molecule has 0 saturated carbocycles. The third-order valence-electron chi connectivity index (χ3n) is 2.32. The fourth-order valence-electron chi connectivity index (χ4n) is 1.47. The fourth-order valence-corrected chi connectivity index (χ4v) is 2.32. The Balaban J connectivity index is 2.16. The van der Waals surface area contributed by atoms with E-state index in [1.165, 1.54) is 0 Å². The zero-order chi connectivity index (χ0) is 12.3. The Morgan fingerprint density at radius 2 is 2.35 bits per heavy atom. The molecule has 3 nitrogen and oxygen atoms in total. The van der Waals surface area contributed by atoms with E-state index in [1.54, 1.807) is 16.8 Å². The van der Waals surface area contributed by atoms with Gasteiger partial charge in [-0.15, -0.1) is 11.3 Å². The Kier molecular flexibility index (Phi) is 4.15. The number of nitrogens with two attached hydrogens (primary N) is 1. The molecule has 1 heterocycles. The lowest BCUT2D eigenvalue weighted by molar-refractivity contribution is 0.304. The van der Waals surface area contributed by atoms with Crippen molar-refractivity contribution >= 4 is 27.3 Å². The molecule has 0 radical (unpaired) electrons. The maximum Gasteiger partial charge on any atom is 0.125 e. The first-order chi connectivity index (χ1) is 8.16. The van der Waals surface area contributed by atoms with Gasteiger partial charge >= 0.3 is 0 Å². The summed E-state index contributed by atoms with van der Waals surface area (Å²) in [6, 6.07) is 5.86. The smallest absolute Gasteiger partial charge is 0.125 e. The highest BCUT2D eigenvalue weighted by molar-refractivity contribution is 9.10. The van der Waals surface area contributed by atoms with Gasteiger partial charge in [0, 0.05) is 22.3 Å². The molecular formula is C12H13BrN2OS. The Labute approximate surface area is 113 Å². The van der Waals surface area contributed by atoms with Crippen molar-refractivity contribution in [3.63, 3.8) is 0 Å². The van der Waals surface area contributed by atoms with Crippen LogP contribution in [0.4, 0.5) is 0 Å². The summed E-state index contributed by atoms with van der Waals surface area (Å²) in [4.78, 5) is 5.11. The van der Waals surface area contributed by atoms with Gasteiger partial charge in [0.25, 0.3) is 0 Å². The Morgan fingerprint density at radius 1 is 1.53 bits per heavy atom. The van der Waals surface area contributed by atoms with E-state index in [1.807, 2.05) is 31.3 Å². The van der Waals surface area contributed by atoms with Crippen molar-refractivity contribution in [2.45, 2.75) is 19.6 Å². The van der Waals surface area contributed by atoms with Crippen molar-refractivity contribution in [2.75, 3.05) is 0 Å². The lowest BCUT2D eigenvalue weighted by Gasteiger charge is -2.13. The van der Waals surface area contributed by atoms with Gasteiger partial charge in [0.2, 0.25) is 0 Å². The molecule has 1 atom stereocenters. The van der Waals surface area contributed by atoms with Crippen LogP contribution in [-0.2, 0) is 6.61 Å². The number of nitrogens with zero attached hydrogens (tertiary/aromatic N) is 1. The van der Waals surface area contributed by atoms with Crippen molar-refractivity contribution in [1.29, 1.82) is 0 Å². The van der Waals surface area contributed by atoms with Crippen LogP contribution < -0.4 is 10.5 Å². The Bertz CT molecular complexity index is 485. The number of rotatable bonds is 4. The van der Waals surface area contributed by atoms with Crippen LogP contribution >= 0.6 is 27.3 Å². The van der Waals surface area contributed by atoms with Crippen LogP contribution in [0.15, 0.2) is 34.4 Å². The van der Waals surface area contributed by atoms with E-state index in [4.69, 9.17) is 10.5 Å². The van der Waals surface area contributed by atoms with E-state index in [9.17, 15) is 0 Å². The molecule has 0 bridgehead atoms. The van der Waals surface area contributed by atoms with Crippen molar-refractivity contribution < 1.29 is 4.74 Å². The van der Waals surface area contributed by atoms with Gasteiger partial charge in [-0.1, -0.05) is 22.0 Å². The van der Waals surface area contributed by atoms with Crippen molar-refractivity contribution in [3.05, 3.63) is 44.8 Å². The Hall–Kier alpha value is -0.910. The van der Waals surface area contributed by atoms with Gasteiger partial charge in [-0.2, -0.15) is 0 Å². The van der Waals surface area contributed by atoms with Crippen LogP contribution in [0.5, 0.6) is 5.75 Å². The van der Waals surface area contributed by atoms with Gasteiger partial charge in [0.15, 0.2) is 0 Å². The molecule has 0 aliphatic rings. The minimum atomic E-state index is -0.0421. The highest BCUT2D eigenvalue weighted by atomic mass is 79.9. The lowest BCUT2D eigenvalue weighted by atomic mass is 10.1. The molecular weight excluding hydrogens is 300 g/mol. The predicted octanol–water partition coefficient (Wildman–Crippen LogP) is 3.50. The summed E-state index contributed by atoms with van der Waals surface area (Å²) in [5.41, 5.74) is 8.72.